The number of carbonyl (C=O) groups is 3. The minimum atomic E-state index is -0.839. The molecule has 0 bridgehead atoms. The molecule has 466 valence electrons. The third-order valence-corrected chi connectivity index (χ3v) is 13.7. The van der Waals surface area contributed by atoms with Crippen LogP contribution in [0.3, 0.4) is 0 Å². The van der Waals surface area contributed by atoms with Gasteiger partial charge in [0.25, 0.3) is 0 Å². The predicted molar refractivity (Wildman–Crippen MR) is 361 cm³/mol. The van der Waals surface area contributed by atoms with Gasteiger partial charge in [-0.15, -0.1) is 0 Å². The van der Waals surface area contributed by atoms with E-state index in [2.05, 4.69) is 185 Å². The third-order valence-electron chi connectivity index (χ3n) is 13.7. The van der Waals surface area contributed by atoms with Gasteiger partial charge in [0.05, 0.1) is 0 Å². The van der Waals surface area contributed by atoms with Gasteiger partial charge in [-0.05, 0) is 141 Å². The third kappa shape index (κ3) is 67.4. The average molecular weight is 1140 g/mol. The zero-order chi connectivity index (χ0) is 59.9. The van der Waals surface area contributed by atoms with Crippen LogP contribution in [0.15, 0.2) is 170 Å². The maximum atomic E-state index is 12.9. The summed E-state index contributed by atoms with van der Waals surface area (Å²) in [7, 11) is 0. The molecule has 0 aromatic heterocycles. The number of unbranched alkanes of at least 4 members (excludes halogenated alkanes) is 20. The van der Waals surface area contributed by atoms with E-state index in [9.17, 15) is 14.4 Å². The van der Waals surface area contributed by atoms with Gasteiger partial charge in [-0.2, -0.15) is 0 Å². The van der Waals surface area contributed by atoms with Crippen molar-refractivity contribution in [2.24, 2.45) is 0 Å². The molecule has 0 saturated heterocycles. The Morgan fingerprint density at radius 3 is 0.795 bits per heavy atom. The van der Waals surface area contributed by atoms with E-state index in [1.54, 1.807) is 0 Å². The van der Waals surface area contributed by atoms with Crippen LogP contribution < -0.4 is 0 Å². The van der Waals surface area contributed by atoms with Gasteiger partial charge in [-0.3, -0.25) is 14.4 Å². The molecule has 83 heavy (non-hydrogen) atoms. The monoisotopic (exact) mass is 1140 g/mol. The molecule has 0 fully saturated rings. The van der Waals surface area contributed by atoms with Crippen molar-refractivity contribution in [2.45, 2.75) is 284 Å². The molecule has 0 radical (unpaired) electrons. The van der Waals surface area contributed by atoms with Crippen LogP contribution >= 0.6 is 0 Å². The number of esters is 3. The second kappa shape index (κ2) is 69.3. The van der Waals surface area contributed by atoms with E-state index in [1.807, 2.05) is 6.08 Å². The van der Waals surface area contributed by atoms with Crippen LogP contribution in [0.1, 0.15) is 278 Å². The largest absolute Gasteiger partial charge is 0.462 e. The number of carbonyl (C=O) groups excluding carboxylic acids is 3. The molecule has 1 atom stereocenters. The lowest BCUT2D eigenvalue weighted by atomic mass is 10.1. The first-order valence-corrected chi connectivity index (χ1v) is 33.6. The summed E-state index contributed by atoms with van der Waals surface area (Å²) in [6, 6.07) is 0. The van der Waals surface area contributed by atoms with E-state index in [-0.39, 0.29) is 31.6 Å². The molecule has 0 spiro atoms. The van der Waals surface area contributed by atoms with E-state index in [1.165, 1.54) is 89.9 Å². The van der Waals surface area contributed by atoms with Gasteiger partial charge in [0, 0.05) is 19.3 Å². The first-order chi connectivity index (χ1) is 41.0. The van der Waals surface area contributed by atoms with E-state index in [0.29, 0.717) is 19.3 Å². The van der Waals surface area contributed by atoms with Gasteiger partial charge < -0.3 is 14.2 Å². The molecular formula is C77H122O6. The Morgan fingerprint density at radius 2 is 0.494 bits per heavy atom. The highest BCUT2D eigenvalue weighted by Crippen LogP contribution is 2.14. The fourth-order valence-corrected chi connectivity index (χ4v) is 8.74. The van der Waals surface area contributed by atoms with E-state index in [0.717, 1.165) is 141 Å². The van der Waals surface area contributed by atoms with Gasteiger partial charge in [-0.25, -0.2) is 0 Å². The van der Waals surface area contributed by atoms with Gasteiger partial charge in [0.15, 0.2) is 6.10 Å². The van der Waals surface area contributed by atoms with Crippen LogP contribution in [0, 0.1) is 0 Å². The maximum absolute atomic E-state index is 12.9. The van der Waals surface area contributed by atoms with Crippen molar-refractivity contribution >= 4 is 17.9 Å². The molecule has 0 rings (SSSR count). The maximum Gasteiger partial charge on any atom is 0.306 e. The molecule has 0 heterocycles. The quantitative estimate of drug-likeness (QED) is 0.0261. The molecule has 0 aromatic carbocycles. The van der Waals surface area contributed by atoms with Crippen LogP contribution in [-0.2, 0) is 28.6 Å². The highest BCUT2D eigenvalue weighted by Gasteiger charge is 2.19. The summed E-state index contributed by atoms with van der Waals surface area (Å²) >= 11 is 0. The smallest absolute Gasteiger partial charge is 0.306 e. The number of rotatable bonds is 59. The fraction of sp³-hybridized carbons (Fsp3) is 0.597. The van der Waals surface area contributed by atoms with Crippen LogP contribution in [0.2, 0.25) is 0 Å². The van der Waals surface area contributed by atoms with E-state index < -0.39 is 12.1 Å². The highest BCUT2D eigenvalue weighted by molar-refractivity contribution is 5.71. The summed E-state index contributed by atoms with van der Waals surface area (Å²) in [6.45, 7) is 6.33. The average Bonchev–Trinajstić information content (AvgIpc) is 3.50. The summed E-state index contributed by atoms with van der Waals surface area (Å²) < 4.78 is 16.9. The van der Waals surface area contributed by atoms with Crippen molar-refractivity contribution in [1.82, 2.24) is 0 Å². The molecule has 6 nitrogen and oxygen atoms in total. The zero-order valence-electron chi connectivity index (χ0n) is 53.4. The number of ether oxygens (including phenoxy) is 3. The molecule has 6 heteroatoms. The van der Waals surface area contributed by atoms with Crippen LogP contribution in [0.25, 0.3) is 0 Å². The van der Waals surface area contributed by atoms with Crippen molar-refractivity contribution in [1.29, 1.82) is 0 Å². The van der Waals surface area contributed by atoms with Crippen molar-refractivity contribution < 1.29 is 28.6 Å². The summed E-state index contributed by atoms with van der Waals surface area (Å²) in [4.78, 5) is 38.4. The SMILES string of the molecule is CC/C=C\C/C=C\C/C=C\C/C=C\C/C=C\C/C=C\C/C=C\CCCCCCCC(=O)OCC(COC(=O)CCCCCCCCCCC/C=C\CCCCCCCC)OC(=O)CC/C=C\C/C=C\C/C=C\C/C=C\C/C=C\C/C=C\CC. The second-order valence-corrected chi connectivity index (χ2v) is 21.6. The number of allylic oxidation sites excluding steroid dienone is 28. The zero-order valence-corrected chi connectivity index (χ0v) is 53.4. The molecule has 0 saturated carbocycles. The lowest BCUT2D eigenvalue weighted by Crippen LogP contribution is -2.30. The van der Waals surface area contributed by atoms with Crippen molar-refractivity contribution in [2.75, 3.05) is 13.2 Å². The Hall–Kier alpha value is -5.23. The normalized spacial score (nSPS) is 13.2. The molecule has 0 aliphatic heterocycles. The minimum Gasteiger partial charge on any atom is -0.462 e. The lowest BCUT2D eigenvalue weighted by molar-refractivity contribution is -0.166. The second-order valence-electron chi connectivity index (χ2n) is 21.6. The summed E-state index contributed by atoms with van der Waals surface area (Å²) in [6.07, 6.45) is 102. The Kier molecular flexibility index (Phi) is 64.9. The van der Waals surface area contributed by atoms with Crippen molar-refractivity contribution in [3.63, 3.8) is 0 Å². The Balaban J connectivity index is 4.54. The lowest BCUT2D eigenvalue weighted by Gasteiger charge is -2.18. The van der Waals surface area contributed by atoms with E-state index in [4.69, 9.17) is 14.2 Å². The minimum absolute atomic E-state index is 0.123. The number of hydrogen-bond donors (Lipinski definition) is 0. The van der Waals surface area contributed by atoms with E-state index >= 15 is 0 Å². The van der Waals surface area contributed by atoms with Crippen LogP contribution in [0.4, 0.5) is 0 Å². The molecule has 1 unspecified atom stereocenters. The highest BCUT2D eigenvalue weighted by atomic mass is 16.6. The summed E-state index contributed by atoms with van der Waals surface area (Å²) in [5.41, 5.74) is 0. The molecule has 0 aromatic rings. The summed E-state index contributed by atoms with van der Waals surface area (Å²) in [5, 5.41) is 0. The number of hydrogen-bond acceptors (Lipinski definition) is 6. The first-order valence-electron chi connectivity index (χ1n) is 33.6. The molecule has 0 N–H and O–H groups in total. The standard InChI is InChI=1S/C77H122O6/c1-4-7-10-13-16-19-22-25-28-31-34-35-36-37-38-39-40-41-44-46-49-52-55-58-61-64-67-70-76(79)82-73-74(83-77(80)71-68-65-62-59-56-53-50-47-43-33-30-27-24-21-18-15-12-9-6-3)72-81-75(78)69-66-63-60-57-54-51-48-45-42-32-29-26-23-20-17-14-11-8-5-2/h7,9-10,12,16,18-19,21,25-30,34-35,37-38,40-41,43,46-47,49,53,56,62,65,74H,4-6,8,11,13-15,17,20,22-24,31-33,36,39,42,44-45,48,50-52,54-55,57-61,63-64,66-73H2,1-3H3/b10-7-,12-9-,19-16-,21-18-,28-25-,29-26-,30-27-,35-34-,38-37-,41-40-,47-43-,49-46-,56-53-,65-62-. The Morgan fingerprint density at radius 1 is 0.253 bits per heavy atom. The van der Waals surface area contributed by atoms with Crippen LogP contribution in [0.5, 0.6) is 0 Å². The van der Waals surface area contributed by atoms with Crippen molar-refractivity contribution in [3.05, 3.63) is 170 Å². The van der Waals surface area contributed by atoms with Gasteiger partial charge in [-0.1, -0.05) is 287 Å². The van der Waals surface area contributed by atoms with Crippen LogP contribution in [-0.4, -0.2) is 37.2 Å². The van der Waals surface area contributed by atoms with Gasteiger partial charge >= 0.3 is 17.9 Å². The Labute approximate surface area is 511 Å². The van der Waals surface area contributed by atoms with Gasteiger partial charge in [0.2, 0.25) is 0 Å². The molecule has 0 amide bonds. The first kappa shape index (κ1) is 77.8. The molecule has 0 aliphatic carbocycles. The van der Waals surface area contributed by atoms with Gasteiger partial charge in [0.1, 0.15) is 13.2 Å². The fourth-order valence-electron chi connectivity index (χ4n) is 8.74. The molecular weight excluding hydrogens is 1020 g/mol. The van der Waals surface area contributed by atoms with Crippen molar-refractivity contribution in [3.8, 4) is 0 Å². The molecule has 0 aliphatic rings. The summed E-state index contributed by atoms with van der Waals surface area (Å²) in [5.74, 6) is -1.03. The topological polar surface area (TPSA) is 78.9 Å². The Bertz CT molecular complexity index is 1890. The predicted octanol–water partition coefficient (Wildman–Crippen LogP) is 23.4.